The van der Waals surface area contributed by atoms with Crippen LogP contribution in [0, 0.1) is 5.92 Å². The molecule has 1 fully saturated rings. The molecule has 2 rings (SSSR count). The van der Waals surface area contributed by atoms with E-state index in [1.807, 2.05) is 4.90 Å². The molecule has 2 heterocycles. The summed E-state index contributed by atoms with van der Waals surface area (Å²) in [6.45, 7) is 3.88. The SMILES string of the molecule is CCC1CCN(C(=O)c2ccc(N)cn2)C1. The Morgan fingerprint density at radius 3 is 3.00 bits per heavy atom. The van der Waals surface area contributed by atoms with Crippen molar-refractivity contribution in [3.8, 4) is 0 Å². The van der Waals surface area contributed by atoms with E-state index in [1.165, 1.54) is 6.20 Å². The highest BCUT2D eigenvalue weighted by Gasteiger charge is 2.26. The van der Waals surface area contributed by atoms with Gasteiger partial charge in [0.1, 0.15) is 5.69 Å². The zero-order valence-corrected chi connectivity index (χ0v) is 9.52. The third kappa shape index (κ3) is 2.15. The molecule has 1 unspecified atom stereocenters. The second-order valence-electron chi connectivity index (χ2n) is 4.29. The molecule has 2 N–H and O–H groups in total. The Morgan fingerprint density at radius 2 is 2.44 bits per heavy atom. The van der Waals surface area contributed by atoms with E-state index in [9.17, 15) is 4.79 Å². The van der Waals surface area contributed by atoms with Gasteiger partial charge < -0.3 is 10.6 Å². The third-order valence-corrected chi connectivity index (χ3v) is 3.16. The number of carbonyl (C=O) groups is 1. The molecule has 1 amide bonds. The molecule has 0 saturated carbocycles. The fraction of sp³-hybridized carbons (Fsp3) is 0.500. The molecule has 4 heteroatoms. The van der Waals surface area contributed by atoms with Crippen LogP contribution in [0.15, 0.2) is 18.3 Å². The van der Waals surface area contributed by atoms with Crippen LogP contribution in [0.2, 0.25) is 0 Å². The molecule has 1 saturated heterocycles. The van der Waals surface area contributed by atoms with E-state index in [4.69, 9.17) is 5.73 Å². The Morgan fingerprint density at radius 1 is 1.62 bits per heavy atom. The van der Waals surface area contributed by atoms with Crippen molar-refractivity contribution in [3.05, 3.63) is 24.0 Å². The number of carbonyl (C=O) groups excluding carboxylic acids is 1. The number of likely N-dealkylation sites (tertiary alicyclic amines) is 1. The van der Waals surface area contributed by atoms with E-state index in [1.54, 1.807) is 12.1 Å². The summed E-state index contributed by atoms with van der Waals surface area (Å²) in [7, 11) is 0. The first-order chi connectivity index (χ1) is 7.70. The number of hydrogen-bond acceptors (Lipinski definition) is 3. The summed E-state index contributed by atoms with van der Waals surface area (Å²) in [5.41, 5.74) is 6.62. The molecule has 0 radical (unpaired) electrons. The predicted octanol–water partition coefficient (Wildman–Crippen LogP) is 1.54. The van der Waals surface area contributed by atoms with Crippen LogP contribution in [-0.4, -0.2) is 28.9 Å². The van der Waals surface area contributed by atoms with Crippen molar-refractivity contribution >= 4 is 11.6 Å². The third-order valence-electron chi connectivity index (χ3n) is 3.16. The van der Waals surface area contributed by atoms with Gasteiger partial charge in [-0.25, -0.2) is 4.98 Å². The minimum atomic E-state index is 0.0240. The average Bonchev–Trinajstić information content (AvgIpc) is 2.77. The number of anilines is 1. The molecule has 0 bridgehead atoms. The van der Waals surface area contributed by atoms with Crippen molar-refractivity contribution in [1.82, 2.24) is 9.88 Å². The fourth-order valence-corrected chi connectivity index (χ4v) is 2.04. The molecular weight excluding hydrogens is 202 g/mol. The topological polar surface area (TPSA) is 59.2 Å². The number of pyridine rings is 1. The Kier molecular flexibility index (Phi) is 3.08. The van der Waals surface area contributed by atoms with Crippen molar-refractivity contribution in [2.45, 2.75) is 19.8 Å². The maximum atomic E-state index is 12.0. The van der Waals surface area contributed by atoms with Gasteiger partial charge in [-0.2, -0.15) is 0 Å². The molecule has 4 nitrogen and oxygen atoms in total. The number of nitrogen functional groups attached to an aromatic ring is 1. The number of nitrogens with zero attached hydrogens (tertiary/aromatic N) is 2. The smallest absolute Gasteiger partial charge is 0.272 e. The number of rotatable bonds is 2. The zero-order chi connectivity index (χ0) is 11.5. The van der Waals surface area contributed by atoms with Gasteiger partial charge in [-0.1, -0.05) is 13.3 Å². The van der Waals surface area contributed by atoms with E-state index < -0.39 is 0 Å². The Hall–Kier alpha value is -1.58. The first kappa shape index (κ1) is 10.9. The van der Waals surface area contributed by atoms with Crippen LogP contribution in [0.1, 0.15) is 30.3 Å². The van der Waals surface area contributed by atoms with Gasteiger partial charge in [-0.3, -0.25) is 4.79 Å². The number of aromatic nitrogens is 1. The highest BCUT2D eigenvalue weighted by Crippen LogP contribution is 2.20. The summed E-state index contributed by atoms with van der Waals surface area (Å²) < 4.78 is 0. The lowest BCUT2D eigenvalue weighted by molar-refractivity contribution is 0.0781. The van der Waals surface area contributed by atoms with Gasteiger partial charge in [-0.05, 0) is 24.5 Å². The van der Waals surface area contributed by atoms with E-state index in [-0.39, 0.29) is 5.91 Å². The van der Waals surface area contributed by atoms with Crippen LogP contribution in [0.5, 0.6) is 0 Å². The Labute approximate surface area is 95.5 Å². The van der Waals surface area contributed by atoms with E-state index in [2.05, 4.69) is 11.9 Å². The minimum absolute atomic E-state index is 0.0240. The van der Waals surface area contributed by atoms with Gasteiger partial charge in [0.05, 0.1) is 11.9 Å². The second-order valence-corrected chi connectivity index (χ2v) is 4.29. The normalized spacial score (nSPS) is 20.1. The largest absolute Gasteiger partial charge is 0.397 e. The summed E-state index contributed by atoms with van der Waals surface area (Å²) in [6.07, 6.45) is 3.77. The van der Waals surface area contributed by atoms with Crippen LogP contribution in [0.3, 0.4) is 0 Å². The maximum Gasteiger partial charge on any atom is 0.272 e. The lowest BCUT2D eigenvalue weighted by Gasteiger charge is -2.15. The summed E-state index contributed by atoms with van der Waals surface area (Å²) in [4.78, 5) is 18.0. The molecule has 86 valence electrons. The van der Waals surface area contributed by atoms with E-state index >= 15 is 0 Å². The van der Waals surface area contributed by atoms with Gasteiger partial charge >= 0.3 is 0 Å². The summed E-state index contributed by atoms with van der Waals surface area (Å²) >= 11 is 0. The Balaban J connectivity index is 2.05. The molecule has 0 aliphatic carbocycles. The van der Waals surface area contributed by atoms with Gasteiger partial charge in [0.15, 0.2) is 0 Å². The number of nitrogens with two attached hydrogens (primary N) is 1. The van der Waals surface area contributed by atoms with Crippen LogP contribution >= 0.6 is 0 Å². The zero-order valence-electron chi connectivity index (χ0n) is 9.52. The monoisotopic (exact) mass is 219 g/mol. The molecule has 16 heavy (non-hydrogen) atoms. The predicted molar refractivity (Wildman–Crippen MR) is 63.0 cm³/mol. The molecule has 0 aromatic carbocycles. The first-order valence-electron chi connectivity index (χ1n) is 5.71. The molecule has 1 aliphatic heterocycles. The van der Waals surface area contributed by atoms with Crippen LogP contribution in [-0.2, 0) is 0 Å². The highest BCUT2D eigenvalue weighted by molar-refractivity contribution is 5.92. The summed E-state index contributed by atoms with van der Waals surface area (Å²) in [5.74, 6) is 0.675. The van der Waals surface area contributed by atoms with Crippen molar-refractivity contribution in [3.63, 3.8) is 0 Å². The van der Waals surface area contributed by atoms with Crippen LogP contribution < -0.4 is 5.73 Å². The van der Waals surface area contributed by atoms with Crippen molar-refractivity contribution < 1.29 is 4.79 Å². The van der Waals surface area contributed by atoms with Crippen molar-refractivity contribution in [1.29, 1.82) is 0 Å². The van der Waals surface area contributed by atoms with Crippen LogP contribution in [0.4, 0.5) is 5.69 Å². The quantitative estimate of drug-likeness (QED) is 0.820. The Bertz CT molecular complexity index is 374. The molecule has 0 spiro atoms. The molecule has 1 aromatic heterocycles. The van der Waals surface area contributed by atoms with Crippen LogP contribution in [0.25, 0.3) is 0 Å². The van der Waals surface area contributed by atoms with Gasteiger partial charge in [0.25, 0.3) is 5.91 Å². The fourth-order valence-electron chi connectivity index (χ4n) is 2.04. The minimum Gasteiger partial charge on any atom is -0.397 e. The molecule has 1 atom stereocenters. The highest BCUT2D eigenvalue weighted by atomic mass is 16.2. The number of amides is 1. The van der Waals surface area contributed by atoms with Gasteiger partial charge in [0.2, 0.25) is 0 Å². The first-order valence-corrected chi connectivity index (χ1v) is 5.71. The second kappa shape index (κ2) is 4.51. The van der Waals surface area contributed by atoms with Crippen molar-refractivity contribution in [2.75, 3.05) is 18.8 Å². The molecular formula is C12H17N3O. The lowest BCUT2D eigenvalue weighted by atomic mass is 10.1. The maximum absolute atomic E-state index is 12.0. The number of hydrogen-bond donors (Lipinski definition) is 1. The van der Waals surface area contributed by atoms with E-state index in [0.29, 0.717) is 17.3 Å². The van der Waals surface area contributed by atoms with Gasteiger partial charge in [-0.15, -0.1) is 0 Å². The van der Waals surface area contributed by atoms with E-state index in [0.717, 1.165) is 25.9 Å². The average molecular weight is 219 g/mol. The lowest BCUT2D eigenvalue weighted by Crippen LogP contribution is -2.29. The molecule has 1 aromatic rings. The molecule has 1 aliphatic rings. The van der Waals surface area contributed by atoms with Gasteiger partial charge in [0, 0.05) is 13.1 Å². The van der Waals surface area contributed by atoms with Crippen molar-refractivity contribution in [2.24, 2.45) is 5.92 Å². The summed E-state index contributed by atoms with van der Waals surface area (Å²) in [5, 5.41) is 0. The standard InChI is InChI=1S/C12H17N3O/c1-2-9-5-6-15(8-9)12(16)11-4-3-10(13)7-14-11/h3-4,7,9H,2,5-6,8,13H2,1H3. The summed E-state index contributed by atoms with van der Waals surface area (Å²) in [6, 6.07) is 3.41.